The van der Waals surface area contributed by atoms with Gasteiger partial charge >= 0.3 is 0 Å². The van der Waals surface area contributed by atoms with E-state index in [1.54, 1.807) is 0 Å². The Morgan fingerprint density at radius 1 is 1.36 bits per heavy atom. The highest BCUT2D eigenvalue weighted by molar-refractivity contribution is 5.84. The third kappa shape index (κ3) is 3.91. The molecule has 1 heterocycles. The molecule has 0 saturated carbocycles. The van der Waals surface area contributed by atoms with Gasteiger partial charge in [-0.3, -0.25) is 19.8 Å². The van der Waals surface area contributed by atoms with Crippen LogP contribution in [0.5, 0.6) is 5.75 Å². The molecule has 0 aliphatic rings. The zero-order valence-corrected chi connectivity index (χ0v) is 12.5. The molecule has 0 atom stereocenters. The quantitative estimate of drug-likeness (QED) is 0.353. The minimum atomic E-state index is -0.528. The number of aromatic nitrogens is 2. The minimum absolute atomic E-state index is 0.108. The Hall–Kier alpha value is -2.70. The molecule has 0 aliphatic heterocycles. The zero-order valence-electron chi connectivity index (χ0n) is 12.5. The summed E-state index contributed by atoms with van der Waals surface area (Å²) in [6.07, 6.45) is 2.18. The van der Waals surface area contributed by atoms with Gasteiger partial charge in [-0.05, 0) is 31.9 Å². The highest BCUT2D eigenvalue weighted by atomic mass is 16.6. The molecule has 0 spiro atoms. The molecule has 7 nitrogen and oxygen atoms in total. The van der Waals surface area contributed by atoms with E-state index in [1.165, 1.54) is 24.4 Å². The van der Waals surface area contributed by atoms with Crippen LogP contribution < -0.4 is 5.11 Å². The number of non-ortho nitro benzene ring substituents is 1. The van der Waals surface area contributed by atoms with Gasteiger partial charge in [0.05, 0.1) is 10.6 Å². The van der Waals surface area contributed by atoms with Crippen LogP contribution in [0.1, 0.15) is 23.4 Å². The Kier molecular flexibility index (Phi) is 4.88. The molecule has 116 valence electrons. The summed E-state index contributed by atoms with van der Waals surface area (Å²) in [6.45, 7) is 5.21. The maximum Gasteiger partial charge on any atom is 0.270 e. The minimum Gasteiger partial charge on any atom is -0.872 e. The fourth-order valence-corrected chi connectivity index (χ4v) is 2.13. The van der Waals surface area contributed by atoms with E-state index < -0.39 is 4.92 Å². The fraction of sp³-hybridized carbons (Fsp3) is 0.333. The predicted octanol–water partition coefficient (Wildman–Crippen LogP) is 1.99. The topological polar surface area (TPSA) is 96.4 Å². The summed E-state index contributed by atoms with van der Waals surface area (Å²) in [5.41, 5.74) is 2.21. The van der Waals surface area contributed by atoms with Crippen molar-refractivity contribution >= 4 is 11.9 Å². The second-order valence-electron chi connectivity index (χ2n) is 5.02. The monoisotopic (exact) mass is 301 g/mol. The van der Waals surface area contributed by atoms with E-state index in [4.69, 9.17) is 0 Å². The second kappa shape index (κ2) is 6.84. The van der Waals surface area contributed by atoms with Gasteiger partial charge in [0.1, 0.15) is 0 Å². The number of benzene rings is 1. The Morgan fingerprint density at radius 2 is 2.14 bits per heavy atom. The van der Waals surface area contributed by atoms with Crippen molar-refractivity contribution in [3.63, 3.8) is 0 Å². The molecule has 22 heavy (non-hydrogen) atoms. The van der Waals surface area contributed by atoms with Crippen LogP contribution in [-0.4, -0.2) is 27.5 Å². The zero-order chi connectivity index (χ0) is 16.1. The van der Waals surface area contributed by atoms with Crippen LogP contribution >= 0.6 is 0 Å². The van der Waals surface area contributed by atoms with Gasteiger partial charge in [0.15, 0.2) is 0 Å². The molecular weight excluding hydrogens is 284 g/mol. The van der Waals surface area contributed by atoms with Crippen LogP contribution in [0.25, 0.3) is 0 Å². The largest absolute Gasteiger partial charge is 0.872 e. The first-order valence-electron chi connectivity index (χ1n) is 6.93. The van der Waals surface area contributed by atoms with Gasteiger partial charge in [0, 0.05) is 37.1 Å². The molecule has 0 bridgehead atoms. The highest BCUT2D eigenvalue weighted by Crippen LogP contribution is 2.19. The normalized spacial score (nSPS) is 11.2. The number of aliphatic imine (C=N–C) groups is 1. The molecule has 2 aromatic rings. The van der Waals surface area contributed by atoms with Crippen LogP contribution in [0.2, 0.25) is 0 Å². The SMILES string of the molecule is Cc1cc(C)n(CCCN=Cc2cc([N+](=O)[O-])ccc2[O-])n1. The van der Waals surface area contributed by atoms with Crippen molar-refractivity contribution in [1.82, 2.24) is 9.78 Å². The number of nitro groups is 1. The molecule has 1 aromatic heterocycles. The van der Waals surface area contributed by atoms with Crippen molar-refractivity contribution < 1.29 is 10.0 Å². The number of hydrogen-bond donors (Lipinski definition) is 0. The number of aryl methyl sites for hydroxylation is 3. The van der Waals surface area contributed by atoms with Gasteiger partial charge in [-0.25, -0.2) is 0 Å². The van der Waals surface area contributed by atoms with Crippen LogP contribution in [0, 0.1) is 24.0 Å². The summed E-state index contributed by atoms with van der Waals surface area (Å²) < 4.78 is 1.91. The average Bonchev–Trinajstić information content (AvgIpc) is 2.78. The summed E-state index contributed by atoms with van der Waals surface area (Å²) >= 11 is 0. The van der Waals surface area contributed by atoms with E-state index in [9.17, 15) is 15.2 Å². The summed E-state index contributed by atoms with van der Waals surface area (Å²) in [6, 6.07) is 5.64. The van der Waals surface area contributed by atoms with Crippen molar-refractivity contribution in [2.45, 2.75) is 26.8 Å². The number of nitro benzene ring substituents is 1. The predicted molar refractivity (Wildman–Crippen MR) is 81.3 cm³/mol. The Balaban J connectivity index is 1.91. The van der Waals surface area contributed by atoms with E-state index in [-0.39, 0.29) is 17.0 Å². The van der Waals surface area contributed by atoms with Gasteiger partial charge in [0.25, 0.3) is 5.69 Å². The van der Waals surface area contributed by atoms with Crippen molar-refractivity contribution in [1.29, 1.82) is 0 Å². The second-order valence-corrected chi connectivity index (χ2v) is 5.02. The summed E-state index contributed by atoms with van der Waals surface area (Å²) in [4.78, 5) is 14.3. The van der Waals surface area contributed by atoms with Gasteiger partial charge in [-0.1, -0.05) is 11.8 Å². The first-order valence-corrected chi connectivity index (χ1v) is 6.93. The average molecular weight is 301 g/mol. The standard InChI is InChI=1S/C15H18N4O3/c1-11-8-12(2)18(17-11)7-3-6-16-10-13-9-14(19(21)22)4-5-15(13)20/h4-5,8-10,20H,3,6-7H2,1-2H3/p-1. The van der Waals surface area contributed by atoms with E-state index in [0.717, 1.165) is 24.4 Å². The van der Waals surface area contributed by atoms with E-state index >= 15 is 0 Å². The Morgan fingerprint density at radius 3 is 2.77 bits per heavy atom. The van der Waals surface area contributed by atoms with Crippen molar-refractivity contribution in [2.75, 3.05) is 6.54 Å². The van der Waals surface area contributed by atoms with Gasteiger partial charge < -0.3 is 5.11 Å². The maximum atomic E-state index is 11.6. The summed E-state index contributed by atoms with van der Waals surface area (Å²) in [5, 5.41) is 26.6. The molecule has 0 fully saturated rings. The van der Waals surface area contributed by atoms with Crippen LogP contribution in [0.3, 0.4) is 0 Å². The fourth-order valence-electron chi connectivity index (χ4n) is 2.13. The third-order valence-electron chi connectivity index (χ3n) is 3.20. The number of nitrogens with zero attached hydrogens (tertiary/aromatic N) is 4. The molecule has 0 amide bonds. The number of hydrogen-bond acceptors (Lipinski definition) is 5. The molecule has 0 aliphatic carbocycles. The maximum absolute atomic E-state index is 11.6. The molecule has 7 heteroatoms. The summed E-state index contributed by atoms with van der Waals surface area (Å²) in [5.74, 6) is -0.270. The number of rotatable bonds is 6. The molecule has 0 radical (unpaired) electrons. The van der Waals surface area contributed by atoms with Gasteiger partial charge in [0.2, 0.25) is 0 Å². The molecule has 2 rings (SSSR count). The lowest BCUT2D eigenvalue weighted by molar-refractivity contribution is -0.385. The van der Waals surface area contributed by atoms with Crippen molar-refractivity contribution in [3.8, 4) is 5.75 Å². The van der Waals surface area contributed by atoms with Crippen LogP contribution in [0.4, 0.5) is 5.69 Å². The first-order chi connectivity index (χ1) is 10.5. The molecule has 1 aromatic carbocycles. The lowest BCUT2D eigenvalue weighted by Crippen LogP contribution is -2.04. The van der Waals surface area contributed by atoms with Crippen LogP contribution in [-0.2, 0) is 6.54 Å². The third-order valence-corrected chi connectivity index (χ3v) is 3.20. The van der Waals surface area contributed by atoms with Crippen molar-refractivity contribution in [3.05, 3.63) is 51.3 Å². The van der Waals surface area contributed by atoms with Gasteiger partial charge in [-0.2, -0.15) is 5.10 Å². The van der Waals surface area contributed by atoms with E-state index in [1.807, 2.05) is 24.6 Å². The Labute approximate surface area is 128 Å². The smallest absolute Gasteiger partial charge is 0.270 e. The van der Waals surface area contributed by atoms with Crippen molar-refractivity contribution in [2.24, 2.45) is 4.99 Å². The van der Waals surface area contributed by atoms with E-state index in [2.05, 4.69) is 10.1 Å². The van der Waals surface area contributed by atoms with E-state index in [0.29, 0.717) is 6.54 Å². The molecular formula is C15H17N4O3-. The Bertz CT molecular complexity index is 707. The first kappa shape index (κ1) is 15.7. The molecule has 0 N–H and O–H groups in total. The van der Waals surface area contributed by atoms with Crippen LogP contribution in [0.15, 0.2) is 29.3 Å². The van der Waals surface area contributed by atoms with Gasteiger partial charge in [-0.15, -0.1) is 0 Å². The lowest BCUT2D eigenvalue weighted by Gasteiger charge is -2.08. The highest BCUT2D eigenvalue weighted by Gasteiger charge is 2.05. The molecule has 0 saturated heterocycles. The molecule has 0 unspecified atom stereocenters. The lowest BCUT2D eigenvalue weighted by atomic mass is 10.2. The summed E-state index contributed by atoms with van der Waals surface area (Å²) in [7, 11) is 0.